The number of rotatable bonds is 10. The summed E-state index contributed by atoms with van der Waals surface area (Å²) in [4.78, 5) is 41.1. The molecule has 2 atom stereocenters. The molecule has 1 aliphatic rings. The molecule has 196 valence electrons. The number of phenolic OH excluding ortho intramolecular Hbond substituents is 1. The lowest BCUT2D eigenvalue weighted by molar-refractivity contribution is -0.142. The van der Waals surface area contributed by atoms with Gasteiger partial charge in [0, 0.05) is 18.2 Å². The van der Waals surface area contributed by atoms with Crippen molar-refractivity contribution in [1.82, 2.24) is 15.5 Å². The van der Waals surface area contributed by atoms with Gasteiger partial charge >= 0.3 is 6.09 Å². The van der Waals surface area contributed by atoms with E-state index >= 15 is 0 Å². The molecule has 0 aliphatic heterocycles. The monoisotopic (exact) mass is 489 g/mol. The van der Waals surface area contributed by atoms with Crippen LogP contribution in [-0.4, -0.2) is 52.1 Å². The number of nitrogens with one attached hydrogen (secondary N) is 2. The van der Waals surface area contributed by atoms with Gasteiger partial charge in [-0.1, -0.05) is 57.2 Å². The molecule has 8 heteroatoms. The molecule has 0 spiro atoms. The second-order valence-electron chi connectivity index (χ2n) is 10.4. The molecule has 0 radical (unpaired) electrons. The lowest BCUT2D eigenvalue weighted by Gasteiger charge is -2.35. The van der Waals surface area contributed by atoms with Gasteiger partial charge in [-0.05, 0) is 53.0 Å². The van der Waals surface area contributed by atoms with E-state index in [1.54, 1.807) is 45.9 Å². The van der Waals surface area contributed by atoms with E-state index in [1.165, 1.54) is 11.0 Å². The maximum atomic E-state index is 13.7. The van der Waals surface area contributed by atoms with Crippen LogP contribution in [0.5, 0.6) is 5.75 Å². The summed E-state index contributed by atoms with van der Waals surface area (Å²) in [6, 6.07) is 4.75. The highest BCUT2D eigenvalue weighted by atomic mass is 16.6. The quantitative estimate of drug-likeness (QED) is 0.409. The second kappa shape index (κ2) is 13.4. The van der Waals surface area contributed by atoms with Gasteiger partial charge in [-0.25, -0.2) is 4.79 Å². The molecule has 1 saturated carbocycles. The number of carbonyl (C=O) groups excluding carboxylic acids is 3. The standard InChI is InChI=1S/C27H43N3O5/c1-6-7-13-18-30(25(33)19(2)28-26(34)35-27(3,4)5)23(21-16-11-12-17-22(21)31)24(32)29-20-14-9-8-10-15-20/h11-12,16-17,19-20,23,31H,6-10,13-15,18H2,1-5H3,(H,28,34)(H,29,32). The van der Waals surface area contributed by atoms with Crippen molar-refractivity contribution in [3.63, 3.8) is 0 Å². The average molecular weight is 490 g/mol. The van der Waals surface area contributed by atoms with E-state index in [0.29, 0.717) is 18.5 Å². The summed E-state index contributed by atoms with van der Waals surface area (Å²) in [5.41, 5.74) is -0.332. The minimum Gasteiger partial charge on any atom is -0.508 e. The Labute approximate surface area is 209 Å². The molecule has 1 aliphatic carbocycles. The van der Waals surface area contributed by atoms with Crippen LogP contribution in [0.2, 0.25) is 0 Å². The van der Waals surface area contributed by atoms with E-state index < -0.39 is 29.7 Å². The predicted molar refractivity (Wildman–Crippen MR) is 136 cm³/mol. The number of hydrogen-bond acceptors (Lipinski definition) is 5. The fraction of sp³-hybridized carbons (Fsp3) is 0.667. The summed E-state index contributed by atoms with van der Waals surface area (Å²) in [6.07, 6.45) is 6.91. The van der Waals surface area contributed by atoms with Crippen LogP contribution in [0.1, 0.15) is 97.6 Å². The van der Waals surface area contributed by atoms with E-state index in [9.17, 15) is 19.5 Å². The number of nitrogens with zero attached hydrogens (tertiary/aromatic N) is 1. The Morgan fingerprint density at radius 2 is 1.77 bits per heavy atom. The first-order valence-electron chi connectivity index (χ1n) is 12.9. The molecule has 3 amide bonds. The summed E-state index contributed by atoms with van der Waals surface area (Å²) in [7, 11) is 0. The van der Waals surface area contributed by atoms with Crippen molar-refractivity contribution < 1.29 is 24.2 Å². The Morgan fingerprint density at radius 3 is 2.37 bits per heavy atom. The molecule has 35 heavy (non-hydrogen) atoms. The van der Waals surface area contributed by atoms with Crippen LogP contribution in [0.25, 0.3) is 0 Å². The summed E-state index contributed by atoms with van der Waals surface area (Å²) in [5, 5.41) is 16.4. The molecule has 1 aromatic rings. The van der Waals surface area contributed by atoms with Crippen LogP contribution < -0.4 is 10.6 Å². The first kappa shape index (κ1) is 28.5. The highest BCUT2D eigenvalue weighted by molar-refractivity contribution is 5.92. The van der Waals surface area contributed by atoms with Crippen molar-refractivity contribution in [2.24, 2.45) is 0 Å². The van der Waals surface area contributed by atoms with Gasteiger partial charge in [-0.3, -0.25) is 9.59 Å². The Kier molecular flexibility index (Phi) is 10.9. The van der Waals surface area contributed by atoms with Crippen molar-refractivity contribution in [3.05, 3.63) is 29.8 Å². The molecule has 2 rings (SSSR count). The van der Waals surface area contributed by atoms with Crippen LogP contribution in [0.4, 0.5) is 4.79 Å². The van der Waals surface area contributed by atoms with Gasteiger partial charge in [0.05, 0.1) is 0 Å². The van der Waals surface area contributed by atoms with Crippen molar-refractivity contribution in [1.29, 1.82) is 0 Å². The number of para-hydroxylation sites is 1. The molecule has 0 saturated heterocycles. The summed E-state index contributed by atoms with van der Waals surface area (Å²) < 4.78 is 5.31. The molecule has 3 N–H and O–H groups in total. The third-order valence-corrected chi connectivity index (χ3v) is 6.13. The zero-order valence-corrected chi connectivity index (χ0v) is 21.9. The molecule has 8 nitrogen and oxygen atoms in total. The van der Waals surface area contributed by atoms with Crippen LogP contribution in [-0.2, 0) is 14.3 Å². The number of amides is 3. The molecular formula is C27H43N3O5. The average Bonchev–Trinajstić information content (AvgIpc) is 2.78. The van der Waals surface area contributed by atoms with Crippen LogP contribution >= 0.6 is 0 Å². The zero-order chi connectivity index (χ0) is 26.0. The van der Waals surface area contributed by atoms with E-state index in [-0.39, 0.29) is 17.7 Å². The minimum atomic E-state index is -1.01. The van der Waals surface area contributed by atoms with Gasteiger partial charge in [0.25, 0.3) is 0 Å². The lowest BCUT2D eigenvalue weighted by atomic mass is 9.94. The number of alkyl carbamates (subject to hydrolysis) is 1. The summed E-state index contributed by atoms with van der Waals surface area (Å²) >= 11 is 0. The fourth-order valence-corrected chi connectivity index (χ4v) is 4.39. The fourth-order valence-electron chi connectivity index (χ4n) is 4.39. The zero-order valence-electron chi connectivity index (χ0n) is 21.9. The van der Waals surface area contributed by atoms with Crippen molar-refractivity contribution in [2.75, 3.05) is 6.54 Å². The van der Waals surface area contributed by atoms with Gasteiger partial charge in [-0.15, -0.1) is 0 Å². The first-order chi connectivity index (χ1) is 16.5. The van der Waals surface area contributed by atoms with Gasteiger partial charge in [0.1, 0.15) is 23.4 Å². The summed E-state index contributed by atoms with van der Waals surface area (Å²) in [6.45, 7) is 9.22. The van der Waals surface area contributed by atoms with Crippen molar-refractivity contribution in [3.8, 4) is 5.75 Å². The third-order valence-electron chi connectivity index (χ3n) is 6.13. The smallest absolute Gasteiger partial charge is 0.408 e. The number of unbranched alkanes of at least 4 members (excludes halogenated alkanes) is 2. The van der Waals surface area contributed by atoms with E-state index in [1.807, 2.05) is 0 Å². The number of hydrogen-bond donors (Lipinski definition) is 3. The molecule has 0 aromatic heterocycles. The molecule has 1 aromatic carbocycles. The largest absolute Gasteiger partial charge is 0.508 e. The van der Waals surface area contributed by atoms with E-state index in [2.05, 4.69) is 17.6 Å². The minimum absolute atomic E-state index is 0.0441. The Hall–Kier alpha value is -2.77. The SMILES string of the molecule is CCCCCN(C(=O)C(C)NC(=O)OC(C)(C)C)C(C(=O)NC1CCCCC1)c1ccccc1O. The Bertz CT molecular complexity index is 845. The van der Waals surface area contributed by atoms with Crippen LogP contribution in [0, 0.1) is 0 Å². The lowest BCUT2D eigenvalue weighted by Crippen LogP contribution is -2.53. The van der Waals surface area contributed by atoms with Crippen molar-refractivity contribution >= 4 is 17.9 Å². The Balaban J connectivity index is 2.35. The second-order valence-corrected chi connectivity index (χ2v) is 10.4. The van der Waals surface area contributed by atoms with Gasteiger partial charge in [-0.2, -0.15) is 0 Å². The maximum absolute atomic E-state index is 13.7. The number of carbonyl (C=O) groups is 3. The molecule has 0 heterocycles. The first-order valence-corrected chi connectivity index (χ1v) is 12.9. The number of benzene rings is 1. The van der Waals surface area contributed by atoms with Crippen LogP contribution in [0.15, 0.2) is 24.3 Å². The normalized spacial score (nSPS) is 16.1. The Morgan fingerprint density at radius 1 is 1.11 bits per heavy atom. The number of ether oxygens (including phenoxy) is 1. The topological polar surface area (TPSA) is 108 Å². The van der Waals surface area contributed by atoms with Gasteiger partial charge in [0.2, 0.25) is 11.8 Å². The summed E-state index contributed by atoms with van der Waals surface area (Å²) in [5.74, 6) is -0.760. The van der Waals surface area contributed by atoms with E-state index in [0.717, 1.165) is 44.9 Å². The highest BCUT2D eigenvalue weighted by Crippen LogP contribution is 2.31. The number of aromatic hydroxyl groups is 1. The van der Waals surface area contributed by atoms with Gasteiger partial charge in [0.15, 0.2) is 0 Å². The molecule has 2 unspecified atom stereocenters. The van der Waals surface area contributed by atoms with Crippen molar-refractivity contribution in [2.45, 2.75) is 110 Å². The van der Waals surface area contributed by atoms with Crippen LogP contribution in [0.3, 0.4) is 0 Å². The molecular weight excluding hydrogens is 446 g/mol. The molecule has 1 fully saturated rings. The third kappa shape index (κ3) is 9.07. The number of phenols is 1. The predicted octanol–water partition coefficient (Wildman–Crippen LogP) is 4.81. The maximum Gasteiger partial charge on any atom is 0.408 e. The van der Waals surface area contributed by atoms with E-state index in [4.69, 9.17) is 4.74 Å². The molecule has 0 bridgehead atoms. The van der Waals surface area contributed by atoms with Gasteiger partial charge < -0.3 is 25.4 Å². The highest BCUT2D eigenvalue weighted by Gasteiger charge is 2.36.